The van der Waals surface area contributed by atoms with E-state index in [2.05, 4.69) is 15.6 Å². The molecule has 0 aliphatic carbocycles. The van der Waals surface area contributed by atoms with Crippen LogP contribution in [0.4, 0.5) is 4.39 Å². The minimum atomic E-state index is -0.238. The standard InChI is InChI=1S/C19H24FN3O2/c1-14(25-18-11-7-6-10-17(18)24-3)12-22-19(21-2)23-13-15-8-4-5-9-16(15)20/h4-11,14H,12-13H2,1-3H3,(H2,21,22,23). The second kappa shape index (κ2) is 9.52. The number of guanidine groups is 1. The predicted molar refractivity (Wildman–Crippen MR) is 97.7 cm³/mol. The van der Waals surface area contributed by atoms with E-state index >= 15 is 0 Å². The maximum atomic E-state index is 13.6. The van der Waals surface area contributed by atoms with Gasteiger partial charge in [0.1, 0.15) is 11.9 Å². The van der Waals surface area contributed by atoms with Gasteiger partial charge >= 0.3 is 0 Å². The van der Waals surface area contributed by atoms with Gasteiger partial charge < -0.3 is 20.1 Å². The quantitative estimate of drug-likeness (QED) is 0.598. The lowest BCUT2D eigenvalue weighted by atomic mass is 10.2. The lowest BCUT2D eigenvalue weighted by Crippen LogP contribution is -2.41. The van der Waals surface area contributed by atoms with Crippen LogP contribution < -0.4 is 20.1 Å². The Morgan fingerprint density at radius 1 is 1.08 bits per heavy atom. The third kappa shape index (κ3) is 5.67. The molecule has 0 saturated heterocycles. The Kier molecular flexibility index (Phi) is 7.07. The highest BCUT2D eigenvalue weighted by atomic mass is 19.1. The van der Waals surface area contributed by atoms with Gasteiger partial charge in [-0.3, -0.25) is 4.99 Å². The van der Waals surface area contributed by atoms with E-state index in [9.17, 15) is 4.39 Å². The summed E-state index contributed by atoms with van der Waals surface area (Å²) in [5.41, 5.74) is 0.587. The molecule has 0 amide bonds. The number of ether oxygens (including phenoxy) is 2. The third-order valence-electron chi connectivity index (χ3n) is 3.58. The molecule has 5 nitrogen and oxygen atoms in total. The summed E-state index contributed by atoms with van der Waals surface area (Å²) in [5.74, 6) is 1.72. The van der Waals surface area contributed by atoms with Crippen molar-refractivity contribution in [3.8, 4) is 11.5 Å². The van der Waals surface area contributed by atoms with E-state index in [0.29, 0.717) is 36.1 Å². The molecule has 0 bridgehead atoms. The first-order valence-electron chi connectivity index (χ1n) is 8.11. The van der Waals surface area contributed by atoms with E-state index in [0.717, 1.165) is 0 Å². The molecule has 1 atom stereocenters. The fourth-order valence-corrected chi connectivity index (χ4v) is 2.26. The molecule has 6 heteroatoms. The van der Waals surface area contributed by atoms with E-state index in [1.807, 2.05) is 31.2 Å². The second-order valence-corrected chi connectivity index (χ2v) is 5.48. The SMILES string of the molecule is CN=C(NCc1ccccc1F)NCC(C)Oc1ccccc1OC. The fourth-order valence-electron chi connectivity index (χ4n) is 2.26. The van der Waals surface area contributed by atoms with E-state index in [-0.39, 0.29) is 11.9 Å². The first-order chi connectivity index (χ1) is 12.1. The van der Waals surface area contributed by atoms with Gasteiger partial charge in [0.15, 0.2) is 17.5 Å². The van der Waals surface area contributed by atoms with Crippen molar-refractivity contribution in [3.63, 3.8) is 0 Å². The van der Waals surface area contributed by atoms with Gasteiger partial charge in [-0.2, -0.15) is 0 Å². The topological polar surface area (TPSA) is 54.9 Å². The molecule has 0 fully saturated rings. The van der Waals surface area contributed by atoms with Crippen LogP contribution in [0.15, 0.2) is 53.5 Å². The molecule has 2 aromatic rings. The van der Waals surface area contributed by atoms with Crippen LogP contribution >= 0.6 is 0 Å². The van der Waals surface area contributed by atoms with Crippen molar-refractivity contribution in [2.75, 3.05) is 20.7 Å². The molecule has 0 spiro atoms. The highest BCUT2D eigenvalue weighted by Gasteiger charge is 2.09. The van der Waals surface area contributed by atoms with Crippen LogP contribution in [0.2, 0.25) is 0 Å². The van der Waals surface area contributed by atoms with Gasteiger partial charge in [-0.15, -0.1) is 0 Å². The van der Waals surface area contributed by atoms with Crippen molar-refractivity contribution in [1.82, 2.24) is 10.6 Å². The Balaban J connectivity index is 1.83. The van der Waals surface area contributed by atoms with Crippen LogP contribution in [0.3, 0.4) is 0 Å². The average molecular weight is 345 g/mol. The summed E-state index contributed by atoms with van der Waals surface area (Å²) in [7, 11) is 3.28. The van der Waals surface area contributed by atoms with Crippen molar-refractivity contribution < 1.29 is 13.9 Å². The van der Waals surface area contributed by atoms with Crippen LogP contribution in [-0.4, -0.2) is 32.8 Å². The first kappa shape index (κ1) is 18.6. The van der Waals surface area contributed by atoms with Gasteiger partial charge in [-0.1, -0.05) is 30.3 Å². The van der Waals surface area contributed by atoms with Gasteiger partial charge in [0.25, 0.3) is 0 Å². The molecular formula is C19H24FN3O2. The Hall–Kier alpha value is -2.76. The highest BCUT2D eigenvalue weighted by Crippen LogP contribution is 2.26. The van der Waals surface area contributed by atoms with E-state index in [4.69, 9.17) is 9.47 Å². The number of nitrogens with one attached hydrogen (secondary N) is 2. The van der Waals surface area contributed by atoms with Gasteiger partial charge in [0.2, 0.25) is 0 Å². The Morgan fingerprint density at radius 2 is 1.76 bits per heavy atom. The molecule has 2 rings (SSSR count). The van der Waals surface area contributed by atoms with Crippen molar-refractivity contribution in [2.24, 2.45) is 4.99 Å². The second-order valence-electron chi connectivity index (χ2n) is 5.48. The zero-order valence-electron chi connectivity index (χ0n) is 14.8. The van der Waals surface area contributed by atoms with Crippen molar-refractivity contribution in [3.05, 3.63) is 59.9 Å². The molecule has 134 valence electrons. The van der Waals surface area contributed by atoms with Crippen molar-refractivity contribution in [1.29, 1.82) is 0 Å². The number of halogens is 1. The van der Waals surface area contributed by atoms with Crippen LogP contribution in [0.25, 0.3) is 0 Å². The van der Waals surface area contributed by atoms with E-state index in [1.165, 1.54) is 6.07 Å². The number of methoxy groups -OCH3 is 1. The Morgan fingerprint density at radius 3 is 2.44 bits per heavy atom. The Labute approximate surface area is 147 Å². The summed E-state index contributed by atoms with van der Waals surface area (Å²) in [6.07, 6.45) is -0.108. The summed E-state index contributed by atoms with van der Waals surface area (Å²) in [6, 6.07) is 14.2. The number of para-hydroxylation sites is 2. The molecule has 25 heavy (non-hydrogen) atoms. The van der Waals surface area contributed by atoms with E-state index < -0.39 is 0 Å². The van der Waals surface area contributed by atoms with Crippen LogP contribution in [0.1, 0.15) is 12.5 Å². The monoisotopic (exact) mass is 345 g/mol. The van der Waals surface area contributed by atoms with Gasteiger partial charge in [-0.25, -0.2) is 4.39 Å². The first-order valence-corrected chi connectivity index (χ1v) is 8.11. The molecular weight excluding hydrogens is 321 g/mol. The molecule has 0 aliphatic rings. The molecule has 0 radical (unpaired) electrons. The maximum Gasteiger partial charge on any atom is 0.191 e. The summed E-state index contributed by atoms with van der Waals surface area (Å²) >= 11 is 0. The van der Waals surface area contributed by atoms with Gasteiger partial charge in [-0.05, 0) is 25.1 Å². The molecule has 0 heterocycles. The minimum absolute atomic E-state index is 0.108. The van der Waals surface area contributed by atoms with Gasteiger partial charge in [0.05, 0.1) is 13.7 Å². The summed E-state index contributed by atoms with van der Waals surface area (Å²) in [5, 5.41) is 6.25. The van der Waals surface area contributed by atoms with Crippen LogP contribution in [0.5, 0.6) is 11.5 Å². The molecule has 2 aromatic carbocycles. The van der Waals surface area contributed by atoms with Crippen LogP contribution in [-0.2, 0) is 6.54 Å². The molecule has 0 aliphatic heterocycles. The van der Waals surface area contributed by atoms with Crippen LogP contribution in [0, 0.1) is 5.82 Å². The maximum absolute atomic E-state index is 13.6. The zero-order chi connectivity index (χ0) is 18.1. The summed E-state index contributed by atoms with van der Waals surface area (Å²) in [6.45, 7) is 2.84. The number of hydrogen-bond acceptors (Lipinski definition) is 3. The van der Waals surface area contributed by atoms with Gasteiger partial charge in [0, 0.05) is 19.2 Å². The normalized spacial score (nSPS) is 12.4. The van der Waals surface area contributed by atoms with Crippen molar-refractivity contribution in [2.45, 2.75) is 19.6 Å². The minimum Gasteiger partial charge on any atom is -0.493 e. The predicted octanol–water partition coefficient (Wildman–Crippen LogP) is 2.97. The largest absolute Gasteiger partial charge is 0.493 e. The summed E-state index contributed by atoms with van der Waals surface area (Å²) < 4.78 is 24.8. The van der Waals surface area contributed by atoms with Crippen molar-refractivity contribution >= 4 is 5.96 Å². The number of hydrogen-bond donors (Lipinski definition) is 2. The molecule has 0 aromatic heterocycles. The summed E-state index contributed by atoms with van der Waals surface area (Å²) in [4.78, 5) is 4.14. The van der Waals surface area contributed by atoms with E-state index in [1.54, 1.807) is 32.4 Å². The average Bonchev–Trinajstić information content (AvgIpc) is 2.63. The number of aliphatic imine (C=N–C) groups is 1. The number of rotatable bonds is 7. The highest BCUT2D eigenvalue weighted by molar-refractivity contribution is 5.79. The third-order valence-corrected chi connectivity index (χ3v) is 3.58. The number of benzene rings is 2. The zero-order valence-corrected chi connectivity index (χ0v) is 14.8. The smallest absolute Gasteiger partial charge is 0.191 e. The Bertz CT molecular complexity index is 707. The molecule has 0 saturated carbocycles. The number of nitrogens with zero attached hydrogens (tertiary/aromatic N) is 1. The molecule has 2 N–H and O–H groups in total. The lowest BCUT2D eigenvalue weighted by Gasteiger charge is -2.19. The molecule has 1 unspecified atom stereocenters. The lowest BCUT2D eigenvalue weighted by molar-refractivity contribution is 0.213. The fraction of sp³-hybridized carbons (Fsp3) is 0.316.